The Balaban J connectivity index is 1.95. The third-order valence-electron chi connectivity index (χ3n) is 2.98. The Morgan fingerprint density at radius 2 is 2.05 bits per heavy atom. The first-order valence-corrected chi connectivity index (χ1v) is 6.92. The molecular weight excluding hydrogens is 272 g/mol. The van der Waals surface area contributed by atoms with Crippen LogP contribution < -0.4 is 4.74 Å². The van der Waals surface area contributed by atoms with Crippen molar-refractivity contribution in [2.75, 3.05) is 7.11 Å². The Kier molecular flexibility index (Phi) is 3.35. The van der Waals surface area contributed by atoms with Gasteiger partial charge in [-0.1, -0.05) is 0 Å². The highest BCUT2D eigenvalue weighted by Gasteiger charge is 2.08. The molecule has 20 heavy (non-hydrogen) atoms. The van der Waals surface area contributed by atoms with E-state index in [0.29, 0.717) is 5.69 Å². The Morgan fingerprint density at radius 3 is 2.75 bits per heavy atom. The number of nitrogens with zero attached hydrogens (tertiary/aromatic N) is 2. The molecule has 0 aliphatic carbocycles. The molecule has 2 aromatic heterocycles. The maximum absolute atomic E-state index is 11.0. The fraction of sp³-hybridized carbons (Fsp3) is 0.0667. The smallest absolute Gasteiger partial charge is 0.194 e. The summed E-state index contributed by atoms with van der Waals surface area (Å²) in [7, 11) is 1.64. The van der Waals surface area contributed by atoms with Crippen molar-refractivity contribution in [3.63, 3.8) is 0 Å². The number of rotatable bonds is 4. The molecule has 0 aliphatic heterocycles. The maximum Gasteiger partial charge on any atom is 0.194 e. The molecule has 0 saturated carbocycles. The standard InChI is InChI=1S/C15H12N2O2S/c1-19-13-6-4-11(5-7-13)14-10-20-15(16-14)17-8-2-3-12(17)9-18/h2-10H,1H3. The van der Waals surface area contributed by atoms with Crippen LogP contribution in [-0.4, -0.2) is 22.9 Å². The average molecular weight is 284 g/mol. The second-order valence-electron chi connectivity index (χ2n) is 4.16. The van der Waals surface area contributed by atoms with Crippen molar-refractivity contribution in [1.82, 2.24) is 9.55 Å². The van der Waals surface area contributed by atoms with Crippen LogP contribution in [0.5, 0.6) is 5.75 Å². The molecule has 5 heteroatoms. The van der Waals surface area contributed by atoms with Crippen molar-refractivity contribution in [3.8, 4) is 22.1 Å². The van der Waals surface area contributed by atoms with Crippen LogP contribution in [0.2, 0.25) is 0 Å². The highest BCUT2D eigenvalue weighted by molar-refractivity contribution is 7.12. The van der Waals surface area contributed by atoms with Gasteiger partial charge in [0.05, 0.1) is 18.5 Å². The molecule has 1 aromatic carbocycles. The summed E-state index contributed by atoms with van der Waals surface area (Å²) in [5.41, 5.74) is 2.51. The topological polar surface area (TPSA) is 44.1 Å². The van der Waals surface area contributed by atoms with Gasteiger partial charge in [-0.3, -0.25) is 9.36 Å². The van der Waals surface area contributed by atoms with E-state index in [4.69, 9.17) is 4.74 Å². The van der Waals surface area contributed by atoms with Gasteiger partial charge in [-0.15, -0.1) is 11.3 Å². The highest BCUT2D eigenvalue weighted by atomic mass is 32.1. The van der Waals surface area contributed by atoms with Gasteiger partial charge < -0.3 is 4.74 Å². The molecule has 0 spiro atoms. The zero-order valence-electron chi connectivity index (χ0n) is 10.8. The van der Waals surface area contributed by atoms with E-state index in [1.165, 1.54) is 11.3 Å². The second-order valence-corrected chi connectivity index (χ2v) is 5.00. The minimum absolute atomic E-state index is 0.598. The first-order chi connectivity index (χ1) is 9.81. The highest BCUT2D eigenvalue weighted by Crippen LogP contribution is 2.26. The summed E-state index contributed by atoms with van der Waals surface area (Å²) in [6.45, 7) is 0. The van der Waals surface area contributed by atoms with Gasteiger partial charge in [0.25, 0.3) is 0 Å². The first-order valence-electron chi connectivity index (χ1n) is 6.04. The number of hydrogen-bond donors (Lipinski definition) is 0. The molecule has 4 nitrogen and oxygen atoms in total. The van der Waals surface area contributed by atoms with E-state index in [-0.39, 0.29) is 0 Å². The molecule has 3 aromatic rings. The van der Waals surface area contributed by atoms with Crippen molar-refractivity contribution in [3.05, 3.63) is 53.7 Å². The number of aromatic nitrogens is 2. The molecule has 3 rings (SSSR count). The lowest BCUT2D eigenvalue weighted by Gasteiger charge is -2.01. The van der Waals surface area contributed by atoms with Crippen LogP contribution in [0, 0.1) is 0 Å². The van der Waals surface area contributed by atoms with Gasteiger partial charge in [0.2, 0.25) is 0 Å². The van der Waals surface area contributed by atoms with Crippen LogP contribution in [0.3, 0.4) is 0 Å². The van der Waals surface area contributed by atoms with Gasteiger partial charge in [0.1, 0.15) is 5.75 Å². The number of ether oxygens (including phenoxy) is 1. The predicted octanol–water partition coefficient (Wildman–Crippen LogP) is 3.42. The summed E-state index contributed by atoms with van der Waals surface area (Å²) >= 11 is 1.50. The molecule has 0 atom stereocenters. The summed E-state index contributed by atoms with van der Waals surface area (Å²) in [5, 5.41) is 2.76. The van der Waals surface area contributed by atoms with E-state index in [2.05, 4.69) is 4.98 Å². The lowest BCUT2D eigenvalue weighted by Crippen LogP contribution is -1.96. The molecule has 0 saturated heterocycles. The van der Waals surface area contributed by atoms with Crippen molar-refractivity contribution in [1.29, 1.82) is 0 Å². The molecule has 0 N–H and O–H groups in total. The molecule has 0 fully saturated rings. The molecular formula is C15H12N2O2S. The zero-order valence-corrected chi connectivity index (χ0v) is 11.6. The largest absolute Gasteiger partial charge is 0.497 e. The summed E-state index contributed by atoms with van der Waals surface area (Å²) < 4.78 is 6.92. The van der Waals surface area contributed by atoms with Crippen molar-refractivity contribution >= 4 is 17.6 Å². The van der Waals surface area contributed by atoms with Gasteiger partial charge in [0, 0.05) is 17.1 Å². The van der Waals surface area contributed by atoms with Crippen molar-refractivity contribution in [2.24, 2.45) is 0 Å². The van der Waals surface area contributed by atoms with Crippen LogP contribution >= 0.6 is 11.3 Å². The Hall–Kier alpha value is -2.40. The monoisotopic (exact) mass is 284 g/mol. The van der Waals surface area contributed by atoms with Crippen LogP contribution in [0.1, 0.15) is 10.5 Å². The Labute approximate surface area is 120 Å². The Morgan fingerprint density at radius 1 is 1.25 bits per heavy atom. The van der Waals surface area contributed by atoms with E-state index >= 15 is 0 Å². The quantitative estimate of drug-likeness (QED) is 0.689. The SMILES string of the molecule is COc1ccc(-c2csc(-n3cccc3C=O)n2)cc1. The van der Waals surface area contributed by atoms with E-state index in [0.717, 1.165) is 28.4 Å². The minimum Gasteiger partial charge on any atom is -0.497 e. The van der Waals surface area contributed by atoms with E-state index in [1.807, 2.05) is 41.9 Å². The number of carbonyl (C=O) groups is 1. The number of aldehydes is 1. The summed E-state index contributed by atoms with van der Waals surface area (Å²) in [6, 6.07) is 11.3. The van der Waals surface area contributed by atoms with Gasteiger partial charge in [-0.25, -0.2) is 4.98 Å². The number of carbonyl (C=O) groups excluding carboxylic acids is 1. The summed E-state index contributed by atoms with van der Waals surface area (Å²) in [5.74, 6) is 0.817. The Bertz CT molecular complexity index is 728. The van der Waals surface area contributed by atoms with Crippen molar-refractivity contribution in [2.45, 2.75) is 0 Å². The molecule has 2 heterocycles. The predicted molar refractivity (Wildman–Crippen MR) is 78.8 cm³/mol. The van der Waals surface area contributed by atoms with Gasteiger partial charge in [-0.2, -0.15) is 0 Å². The van der Waals surface area contributed by atoms with Crippen LogP contribution in [-0.2, 0) is 0 Å². The van der Waals surface area contributed by atoms with Gasteiger partial charge in [-0.05, 0) is 36.4 Å². The molecule has 0 radical (unpaired) electrons. The fourth-order valence-corrected chi connectivity index (χ4v) is 2.77. The molecule has 0 aliphatic rings. The third-order valence-corrected chi connectivity index (χ3v) is 3.82. The lowest BCUT2D eigenvalue weighted by atomic mass is 10.2. The van der Waals surface area contributed by atoms with E-state index in [9.17, 15) is 4.79 Å². The third kappa shape index (κ3) is 2.23. The number of thiazole rings is 1. The van der Waals surface area contributed by atoms with E-state index < -0.39 is 0 Å². The summed E-state index contributed by atoms with van der Waals surface area (Å²) in [6.07, 6.45) is 2.66. The normalized spacial score (nSPS) is 10.4. The van der Waals surface area contributed by atoms with E-state index in [1.54, 1.807) is 17.7 Å². The van der Waals surface area contributed by atoms with Gasteiger partial charge in [0.15, 0.2) is 11.4 Å². The minimum atomic E-state index is 0.598. The molecule has 0 unspecified atom stereocenters. The summed E-state index contributed by atoms with van der Waals surface area (Å²) in [4.78, 5) is 15.5. The fourth-order valence-electron chi connectivity index (χ4n) is 1.93. The first kappa shape index (κ1) is 12.6. The van der Waals surface area contributed by atoms with Crippen LogP contribution in [0.4, 0.5) is 0 Å². The van der Waals surface area contributed by atoms with Crippen molar-refractivity contribution < 1.29 is 9.53 Å². The number of methoxy groups -OCH3 is 1. The number of benzene rings is 1. The lowest BCUT2D eigenvalue weighted by molar-refractivity contribution is 0.111. The van der Waals surface area contributed by atoms with Crippen LogP contribution in [0.15, 0.2) is 48.0 Å². The van der Waals surface area contributed by atoms with Gasteiger partial charge >= 0.3 is 0 Å². The molecule has 0 bridgehead atoms. The molecule has 0 amide bonds. The molecule has 100 valence electrons. The maximum atomic E-state index is 11.0. The average Bonchev–Trinajstić information content (AvgIpc) is 3.15. The zero-order chi connectivity index (χ0) is 13.9. The number of hydrogen-bond acceptors (Lipinski definition) is 4. The second kappa shape index (κ2) is 5.30. The van der Waals surface area contributed by atoms with Crippen LogP contribution in [0.25, 0.3) is 16.4 Å².